The first-order valence-corrected chi connectivity index (χ1v) is 9.01. The van der Waals surface area contributed by atoms with Gasteiger partial charge in [-0.3, -0.25) is 10.1 Å². The largest absolute Gasteiger partial charge is 0.444 e. The summed E-state index contributed by atoms with van der Waals surface area (Å²) < 4.78 is 10.5. The van der Waals surface area contributed by atoms with E-state index < -0.39 is 11.0 Å². The lowest BCUT2D eigenvalue weighted by atomic mass is 10.2. The number of fused-ring (bicyclic) bond motifs is 1. The molecule has 0 spiro atoms. The van der Waals surface area contributed by atoms with Crippen LogP contribution in [-0.4, -0.2) is 66.5 Å². The number of amides is 1. The highest BCUT2D eigenvalue weighted by molar-refractivity contribution is 5.92. The number of carbonyl (C=O) groups excluding carboxylic acids is 1. The number of carbonyl (C=O) groups is 1. The fourth-order valence-corrected chi connectivity index (χ4v) is 3.53. The zero-order valence-corrected chi connectivity index (χ0v) is 15.1. The van der Waals surface area contributed by atoms with Crippen LogP contribution in [0.15, 0.2) is 18.2 Å². The minimum Gasteiger partial charge on any atom is -0.444 e. The van der Waals surface area contributed by atoms with Crippen LogP contribution in [0.25, 0.3) is 10.9 Å². The van der Waals surface area contributed by atoms with Crippen LogP contribution in [0.3, 0.4) is 0 Å². The van der Waals surface area contributed by atoms with Crippen molar-refractivity contribution in [3.63, 3.8) is 0 Å². The molecule has 2 aliphatic heterocycles. The van der Waals surface area contributed by atoms with Crippen LogP contribution in [0.5, 0.6) is 0 Å². The summed E-state index contributed by atoms with van der Waals surface area (Å²) in [5.74, 6) is 1.17. The third kappa shape index (κ3) is 3.60. The Balaban J connectivity index is 1.74. The second-order valence-electron chi connectivity index (χ2n) is 6.70. The summed E-state index contributed by atoms with van der Waals surface area (Å²) in [6, 6.07) is 4.56. The normalized spacial score (nSPS) is 19.8. The number of benzene rings is 1. The Morgan fingerprint density at radius 2 is 2.04 bits per heavy atom. The monoisotopic (exact) mass is 388 g/mol. The molecule has 1 aromatic heterocycles. The van der Waals surface area contributed by atoms with Gasteiger partial charge in [-0.2, -0.15) is 4.98 Å². The van der Waals surface area contributed by atoms with Crippen LogP contribution < -0.4 is 15.5 Å². The molecule has 2 aromatic rings. The van der Waals surface area contributed by atoms with Crippen LogP contribution in [0.2, 0.25) is 0 Å². The molecule has 2 aliphatic rings. The molecule has 1 aromatic carbocycles. The number of non-ortho nitro benzene ring substituents is 1. The molecule has 11 nitrogen and oxygen atoms in total. The minimum atomic E-state index is -0.802. The number of nitro benzene ring substituents is 1. The molecule has 0 aliphatic carbocycles. The van der Waals surface area contributed by atoms with E-state index in [1.807, 2.05) is 9.80 Å². The first-order chi connectivity index (χ1) is 13.5. The van der Waals surface area contributed by atoms with E-state index in [0.29, 0.717) is 68.5 Å². The third-order valence-electron chi connectivity index (χ3n) is 4.88. The van der Waals surface area contributed by atoms with Crippen molar-refractivity contribution in [2.45, 2.75) is 12.5 Å². The van der Waals surface area contributed by atoms with Crippen LogP contribution in [0.1, 0.15) is 6.42 Å². The van der Waals surface area contributed by atoms with Gasteiger partial charge in [-0.05, 0) is 6.07 Å². The van der Waals surface area contributed by atoms with Gasteiger partial charge in [-0.1, -0.05) is 0 Å². The molecule has 148 valence electrons. The van der Waals surface area contributed by atoms with Crippen LogP contribution >= 0.6 is 0 Å². The van der Waals surface area contributed by atoms with Gasteiger partial charge in [0.2, 0.25) is 5.95 Å². The molecule has 0 bridgehead atoms. The van der Waals surface area contributed by atoms with E-state index in [2.05, 4.69) is 4.98 Å². The number of hydrogen-bond donors (Lipinski definition) is 1. The molecule has 1 atom stereocenters. The summed E-state index contributed by atoms with van der Waals surface area (Å²) in [5.41, 5.74) is 5.60. The van der Waals surface area contributed by atoms with E-state index in [4.69, 9.17) is 20.2 Å². The molecule has 3 heterocycles. The summed E-state index contributed by atoms with van der Waals surface area (Å²) in [4.78, 5) is 35.1. The van der Waals surface area contributed by atoms with Crippen LogP contribution in [-0.2, 0) is 9.47 Å². The number of aromatic nitrogens is 2. The van der Waals surface area contributed by atoms with Gasteiger partial charge in [0.1, 0.15) is 11.9 Å². The first kappa shape index (κ1) is 18.2. The Labute approximate surface area is 160 Å². The van der Waals surface area contributed by atoms with Gasteiger partial charge in [0.05, 0.1) is 30.2 Å². The van der Waals surface area contributed by atoms with Crippen LogP contribution in [0.4, 0.5) is 22.2 Å². The van der Waals surface area contributed by atoms with Crippen molar-refractivity contribution in [2.75, 3.05) is 49.2 Å². The Morgan fingerprint density at radius 3 is 2.75 bits per heavy atom. The van der Waals surface area contributed by atoms with Crippen molar-refractivity contribution < 1.29 is 19.2 Å². The number of anilines is 2. The molecule has 2 saturated heterocycles. The van der Waals surface area contributed by atoms with Gasteiger partial charge in [0.15, 0.2) is 0 Å². The number of primary amides is 1. The van der Waals surface area contributed by atoms with E-state index in [-0.39, 0.29) is 11.8 Å². The number of nitro groups is 1. The maximum absolute atomic E-state index is 11.2. The van der Waals surface area contributed by atoms with Gasteiger partial charge >= 0.3 is 6.09 Å². The van der Waals surface area contributed by atoms with Crippen molar-refractivity contribution in [3.05, 3.63) is 28.3 Å². The van der Waals surface area contributed by atoms with E-state index in [9.17, 15) is 14.9 Å². The van der Waals surface area contributed by atoms with E-state index in [1.54, 1.807) is 6.07 Å². The first-order valence-electron chi connectivity index (χ1n) is 9.01. The quantitative estimate of drug-likeness (QED) is 0.601. The van der Waals surface area contributed by atoms with Gasteiger partial charge in [0.25, 0.3) is 5.69 Å². The lowest BCUT2D eigenvalue weighted by Crippen LogP contribution is -2.37. The fourth-order valence-electron chi connectivity index (χ4n) is 3.53. The molecule has 1 amide bonds. The summed E-state index contributed by atoms with van der Waals surface area (Å²) in [7, 11) is 0. The highest BCUT2D eigenvalue weighted by Gasteiger charge is 2.29. The number of morpholine rings is 1. The average molecular weight is 388 g/mol. The predicted octanol–water partition coefficient (Wildman–Crippen LogP) is 1.05. The highest BCUT2D eigenvalue weighted by Crippen LogP contribution is 2.32. The smallest absolute Gasteiger partial charge is 0.404 e. The Kier molecular flexibility index (Phi) is 4.82. The number of rotatable bonds is 4. The second-order valence-corrected chi connectivity index (χ2v) is 6.70. The Morgan fingerprint density at radius 1 is 1.25 bits per heavy atom. The van der Waals surface area contributed by atoms with Crippen molar-refractivity contribution in [1.29, 1.82) is 0 Å². The average Bonchev–Trinajstić information content (AvgIpc) is 3.14. The van der Waals surface area contributed by atoms with Gasteiger partial charge in [-0.25, -0.2) is 9.78 Å². The molecule has 2 N–H and O–H groups in total. The molecule has 28 heavy (non-hydrogen) atoms. The Hall–Kier alpha value is -3.21. The zero-order chi connectivity index (χ0) is 19.7. The standard InChI is InChI=1S/C17H20N6O5/c18-16(24)28-12-3-4-22(10-12)15-13-2-1-11(23(25)26)9-14(13)19-17(20-15)21-5-7-27-8-6-21/h1-2,9,12H,3-8,10H2,(H2,18,24). The summed E-state index contributed by atoms with van der Waals surface area (Å²) in [6.07, 6.45) is -0.481. The molecule has 2 fully saturated rings. The summed E-state index contributed by atoms with van der Waals surface area (Å²) in [6.45, 7) is 3.52. The Bertz CT molecular complexity index is 916. The van der Waals surface area contributed by atoms with Crippen molar-refractivity contribution in [1.82, 2.24) is 9.97 Å². The lowest BCUT2D eigenvalue weighted by molar-refractivity contribution is -0.384. The van der Waals surface area contributed by atoms with Gasteiger partial charge < -0.3 is 25.0 Å². The molecule has 0 radical (unpaired) electrons. The minimum absolute atomic E-state index is 0.0264. The predicted molar refractivity (Wildman–Crippen MR) is 101 cm³/mol. The number of nitrogens with zero attached hydrogens (tertiary/aromatic N) is 5. The lowest BCUT2D eigenvalue weighted by Gasteiger charge is -2.28. The topological polar surface area (TPSA) is 137 Å². The number of nitrogens with two attached hydrogens (primary N) is 1. The number of hydrogen-bond acceptors (Lipinski definition) is 9. The molecule has 11 heteroatoms. The van der Waals surface area contributed by atoms with Crippen molar-refractivity contribution in [2.24, 2.45) is 5.73 Å². The number of ether oxygens (including phenoxy) is 2. The van der Waals surface area contributed by atoms with Gasteiger partial charge in [0, 0.05) is 43.6 Å². The second kappa shape index (κ2) is 7.43. The van der Waals surface area contributed by atoms with Crippen LogP contribution in [0, 0.1) is 10.1 Å². The summed E-state index contributed by atoms with van der Waals surface area (Å²) >= 11 is 0. The maximum atomic E-state index is 11.2. The van der Waals surface area contributed by atoms with E-state index in [1.165, 1.54) is 12.1 Å². The van der Waals surface area contributed by atoms with Crippen molar-refractivity contribution in [3.8, 4) is 0 Å². The molecule has 4 rings (SSSR count). The maximum Gasteiger partial charge on any atom is 0.404 e. The van der Waals surface area contributed by atoms with E-state index >= 15 is 0 Å². The highest BCUT2D eigenvalue weighted by atomic mass is 16.6. The fraction of sp³-hybridized carbons (Fsp3) is 0.471. The zero-order valence-electron chi connectivity index (χ0n) is 15.1. The summed E-state index contributed by atoms with van der Waals surface area (Å²) in [5, 5.41) is 11.9. The molecule has 0 saturated carbocycles. The van der Waals surface area contributed by atoms with Crippen molar-refractivity contribution >= 4 is 34.4 Å². The van der Waals surface area contributed by atoms with E-state index in [0.717, 1.165) is 0 Å². The molecular weight excluding hydrogens is 368 g/mol. The SMILES string of the molecule is NC(=O)OC1CCN(c2nc(N3CCOCC3)nc3cc([N+](=O)[O-])ccc23)C1. The third-order valence-corrected chi connectivity index (χ3v) is 4.88. The molecular formula is C17H20N6O5. The van der Waals surface area contributed by atoms with Gasteiger partial charge in [-0.15, -0.1) is 0 Å². The molecule has 1 unspecified atom stereocenters.